The third-order valence-corrected chi connectivity index (χ3v) is 3.64. The Kier molecular flexibility index (Phi) is 7.10. The fourth-order valence-corrected chi connectivity index (χ4v) is 2.47. The number of hydroxylamine groups is 1. The average molecular weight is 299 g/mol. The highest BCUT2D eigenvalue weighted by Crippen LogP contribution is 2.12. The quantitative estimate of drug-likeness (QED) is 0.694. The predicted molar refractivity (Wildman–Crippen MR) is 89.3 cm³/mol. The molecular formula is C19H25NO2. The Morgan fingerprint density at radius 1 is 1.00 bits per heavy atom. The molecule has 0 radical (unpaired) electrons. The molecule has 118 valence electrons. The minimum atomic E-state index is -0.604. The second-order valence-electron chi connectivity index (χ2n) is 5.53. The zero-order chi connectivity index (χ0) is 15.6. The van der Waals surface area contributed by atoms with Crippen LogP contribution < -0.4 is 5.48 Å². The molecule has 0 saturated carbocycles. The molecule has 0 fully saturated rings. The summed E-state index contributed by atoms with van der Waals surface area (Å²) in [6, 6.07) is 20.2. The minimum Gasteiger partial charge on any atom is -0.386 e. The van der Waals surface area contributed by atoms with E-state index in [9.17, 15) is 5.11 Å². The number of aliphatic hydroxyl groups excluding tert-OH is 1. The molecule has 2 atom stereocenters. The minimum absolute atomic E-state index is 0.249. The molecule has 0 unspecified atom stereocenters. The van der Waals surface area contributed by atoms with Gasteiger partial charge in [0.15, 0.2) is 0 Å². The monoisotopic (exact) mass is 299 g/mol. The van der Waals surface area contributed by atoms with Crippen molar-refractivity contribution in [3.8, 4) is 0 Å². The van der Waals surface area contributed by atoms with Crippen LogP contribution in [-0.4, -0.2) is 17.8 Å². The standard InChI is InChI=1S/C19H25NO2/c1-2-9-18(14-16-10-5-3-6-11-16)20-22-15-19(21)17-12-7-4-8-13-17/h3-8,10-13,18-21H,2,9,14-15H2,1H3/t18-,19+/m0/s1. The van der Waals surface area contributed by atoms with Gasteiger partial charge in [-0.2, -0.15) is 5.48 Å². The van der Waals surface area contributed by atoms with Gasteiger partial charge in [0.1, 0.15) is 6.10 Å². The third kappa shape index (κ3) is 5.60. The normalized spacial score (nSPS) is 13.7. The van der Waals surface area contributed by atoms with Crippen molar-refractivity contribution in [3.63, 3.8) is 0 Å². The Hall–Kier alpha value is -1.68. The van der Waals surface area contributed by atoms with E-state index < -0.39 is 6.10 Å². The van der Waals surface area contributed by atoms with Gasteiger partial charge in [-0.05, 0) is 24.0 Å². The van der Waals surface area contributed by atoms with Crippen molar-refractivity contribution in [2.75, 3.05) is 6.61 Å². The topological polar surface area (TPSA) is 41.5 Å². The summed E-state index contributed by atoms with van der Waals surface area (Å²) < 4.78 is 0. The summed E-state index contributed by atoms with van der Waals surface area (Å²) in [7, 11) is 0. The van der Waals surface area contributed by atoms with Gasteiger partial charge < -0.3 is 5.11 Å². The molecule has 0 bridgehead atoms. The summed E-state index contributed by atoms with van der Waals surface area (Å²) in [5, 5.41) is 10.1. The van der Waals surface area contributed by atoms with Crippen molar-refractivity contribution in [2.45, 2.75) is 38.3 Å². The first-order valence-corrected chi connectivity index (χ1v) is 7.94. The van der Waals surface area contributed by atoms with Crippen LogP contribution in [0.4, 0.5) is 0 Å². The van der Waals surface area contributed by atoms with Gasteiger partial charge in [-0.15, -0.1) is 0 Å². The van der Waals surface area contributed by atoms with Gasteiger partial charge in [0.25, 0.3) is 0 Å². The summed E-state index contributed by atoms with van der Waals surface area (Å²) in [5.41, 5.74) is 5.28. The smallest absolute Gasteiger partial charge is 0.104 e. The largest absolute Gasteiger partial charge is 0.386 e. The summed E-state index contributed by atoms with van der Waals surface area (Å²) in [6.07, 6.45) is 2.45. The molecule has 0 saturated heterocycles. The molecule has 0 aromatic heterocycles. The number of aliphatic hydroxyl groups is 1. The van der Waals surface area contributed by atoms with E-state index in [4.69, 9.17) is 4.84 Å². The summed E-state index contributed by atoms with van der Waals surface area (Å²) in [4.78, 5) is 5.54. The maximum absolute atomic E-state index is 10.1. The average Bonchev–Trinajstić information content (AvgIpc) is 2.56. The van der Waals surface area contributed by atoms with Crippen LogP contribution in [0.1, 0.15) is 37.0 Å². The molecule has 0 aliphatic carbocycles. The molecule has 0 heterocycles. The van der Waals surface area contributed by atoms with Gasteiger partial charge in [0.2, 0.25) is 0 Å². The Bertz CT molecular complexity index is 515. The first-order valence-electron chi connectivity index (χ1n) is 7.94. The van der Waals surface area contributed by atoms with Crippen molar-refractivity contribution in [3.05, 3.63) is 71.8 Å². The van der Waals surface area contributed by atoms with Crippen LogP contribution in [0.2, 0.25) is 0 Å². The van der Waals surface area contributed by atoms with Gasteiger partial charge in [-0.25, -0.2) is 0 Å². The molecule has 0 amide bonds. The van der Waals surface area contributed by atoms with E-state index in [1.54, 1.807) is 0 Å². The van der Waals surface area contributed by atoms with Crippen LogP contribution >= 0.6 is 0 Å². The van der Waals surface area contributed by atoms with Crippen molar-refractivity contribution in [2.24, 2.45) is 0 Å². The second kappa shape index (κ2) is 9.36. The highest BCUT2D eigenvalue weighted by atomic mass is 16.6. The van der Waals surface area contributed by atoms with Crippen molar-refractivity contribution < 1.29 is 9.94 Å². The highest BCUT2D eigenvalue weighted by Gasteiger charge is 2.11. The van der Waals surface area contributed by atoms with Gasteiger partial charge in [-0.1, -0.05) is 74.0 Å². The lowest BCUT2D eigenvalue weighted by Gasteiger charge is -2.19. The maximum atomic E-state index is 10.1. The zero-order valence-electron chi connectivity index (χ0n) is 13.1. The summed E-state index contributed by atoms with van der Waals surface area (Å²) in [5.74, 6) is 0. The van der Waals surface area contributed by atoms with E-state index in [0.29, 0.717) is 0 Å². The molecule has 2 rings (SSSR count). The molecule has 0 spiro atoms. The van der Waals surface area contributed by atoms with Crippen LogP contribution in [0.3, 0.4) is 0 Å². The zero-order valence-corrected chi connectivity index (χ0v) is 13.1. The molecule has 2 aromatic carbocycles. The van der Waals surface area contributed by atoms with Crippen molar-refractivity contribution in [1.82, 2.24) is 5.48 Å². The highest BCUT2D eigenvalue weighted by molar-refractivity contribution is 5.17. The SMILES string of the molecule is CCC[C@@H](Cc1ccccc1)NOC[C@@H](O)c1ccccc1. The van der Waals surface area contributed by atoms with Crippen LogP contribution in [0.15, 0.2) is 60.7 Å². The van der Waals surface area contributed by atoms with Crippen molar-refractivity contribution in [1.29, 1.82) is 0 Å². The molecule has 0 aliphatic rings. The van der Waals surface area contributed by atoms with E-state index in [1.807, 2.05) is 36.4 Å². The Morgan fingerprint density at radius 3 is 2.27 bits per heavy atom. The third-order valence-electron chi connectivity index (χ3n) is 3.64. The number of benzene rings is 2. The molecule has 3 heteroatoms. The van der Waals surface area contributed by atoms with E-state index in [1.165, 1.54) is 5.56 Å². The fraction of sp³-hybridized carbons (Fsp3) is 0.368. The molecule has 2 aromatic rings. The number of hydrogen-bond acceptors (Lipinski definition) is 3. The van der Waals surface area contributed by atoms with Gasteiger partial charge in [0.05, 0.1) is 6.61 Å². The van der Waals surface area contributed by atoms with Gasteiger partial charge >= 0.3 is 0 Å². The van der Waals surface area contributed by atoms with E-state index in [2.05, 4.69) is 36.7 Å². The van der Waals surface area contributed by atoms with E-state index in [-0.39, 0.29) is 12.6 Å². The summed E-state index contributed by atoms with van der Waals surface area (Å²) >= 11 is 0. The molecule has 22 heavy (non-hydrogen) atoms. The van der Waals surface area contributed by atoms with Gasteiger partial charge in [0, 0.05) is 6.04 Å². The Balaban J connectivity index is 1.79. The molecule has 2 N–H and O–H groups in total. The van der Waals surface area contributed by atoms with Crippen LogP contribution in [0.5, 0.6) is 0 Å². The van der Waals surface area contributed by atoms with Crippen molar-refractivity contribution >= 4 is 0 Å². The Labute approximate surface area is 132 Å². The van der Waals surface area contributed by atoms with Crippen LogP contribution in [0, 0.1) is 0 Å². The lowest BCUT2D eigenvalue weighted by Crippen LogP contribution is -2.32. The summed E-state index contributed by atoms with van der Waals surface area (Å²) in [6.45, 7) is 2.41. The lowest BCUT2D eigenvalue weighted by atomic mass is 10.0. The van der Waals surface area contributed by atoms with Gasteiger partial charge in [-0.3, -0.25) is 4.84 Å². The van der Waals surface area contributed by atoms with E-state index in [0.717, 1.165) is 24.8 Å². The van der Waals surface area contributed by atoms with E-state index >= 15 is 0 Å². The number of rotatable bonds is 9. The lowest BCUT2D eigenvalue weighted by molar-refractivity contribution is -0.0372. The Morgan fingerprint density at radius 2 is 1.64 bits per heavy atom. The number of nitrogens with one attached hydrogen (secondary N) is 1. The molecule has 0 aliphatic heterocycles. The fourth-order valence-electron chi connectivity index (χ4n) is 2.47. The molecular weight excluding hydrogens is 274 g/mol. The molecule has 3 nitrogen and oxygen atoms in total. The number of hydrogen-bond donors (Lipinski definition) is 2. The first-order chi connectivity index (χ1) is 10.8. The maximum Gasteiger partial charge on any atom is 0.104 e. The predicted octanol–water partition coefficient (Wildman–Crippen LogP) is 3.65. The first kappa shape index (κ1) is 16.7. The second-order valence-corrected chi connectivity index (χ2v) is 5.53. The van der Waals surface area contributed by atoms with Crippen LogP contribution in [-0.2, 0) is 11.3 Å². The van der Waals surface area contributed by atoms with Crippen LogP contribution in [0.25, 0.3) is 0 Å².